The molecule has 2 nitrogen and oxygen atoms in total. The van der Waals surface area contributed by atoms with Gasteiger partial charge in [0.2, 0.25) is 0 Å². The summed E-state index contributed by atoms with van der Waals surface area (Å²) in [5, 5.41) is 9.06. The van der Waals surface area contributed by atoms with E-state index in [1.807, 2.05) is 11.3 Å². The fourth-order valence-electron chi connectivity index (χ4n) is 6.38. The molecule has 6 aromatic carbocycles. The first kappa shape index (κ1) is 21.1. The smallest absolute Gasteiger partial charge is 0.109 e. The maximum absolute atomic E-state index is 2.44. The van der Waals surface area contributed by atoms with Crippen molar-refractivity contribution < 1.29 is 0 Å². The molecule has 9 aromatic rings. The van der Waals surface area contributed by atoms with Crippen molar-refractivity contribution >= 4 is 75.1 Å². The topological polar surface area (TPSA) is 9.86 Å². The van der Waals surface area contributed by atoms with Gasteiger partial charge in [0.25, 0.3) is 0 Å². The minimum atomic E-state index is 1.19. The molecule has 0 atom stereocenters. The van der Waals surface area contributed by atoms with Gasteiger partial charge in [-0.3, -0.25) is 0 Å². The highest BCUT2D eigenvalue weighted by Crippen LogP contribution is 2.45. The predicted molar refractivity (Wildman–Crippen MR) is 168 cm³/mol. The standard InChI is InChI=1S/C36H22N2S/c1-2-12-25(13-3-1)38-32-17-9-7-15-28(32)35-30-21-33-29(22-34(30)39-36(35)38)27-14-6-8-16-31(27)37(33)26-19-18-23-10-4-5-11-24(23)20-26/h1-22H. The van der Waals surface area contributed by atoms with Gasteiger partial charge in [0.15, 0.2) is 0 Å². The van der Waals surface area contributed by atoms with E-state index in [9.17, 15) is 0 Å². The van der Waals surface area contributed by atoms with Gasteiger partial charge in [-0.25, -0.2) is 0 Å². The number of benzene rings is 6. The van der Waals surface area contributed by atoms with Crippen molar-refractivity contribution in [3.05, 3.63) is 133 Å². The average Bonchev–Trinajstić information content (AvgIpc) is 3.62. The van der Waals surface area contributed by atoms with Gasteiger partial charge in [-0.1, -0.05) is 84.9 Å². The molecule has 0 spiro atoms. The van der Waals surface area contributed by atoms with Gasteiger partial charge in [0, 0.05) is 43.0 Å². The van der Waals surface area contributed by atoms with Crippen LogP contribution in [0.3, 0.4) is 0 Å². The third kappa shape index (κ3) is 2.91. The highest BCUT2D eigenvalue weighted by Gasteiger charge is 2.20. The third-order valence-corrected chi connectivity index (χ3v) is 9.22. The van der Waals surface area contributed by atoms with Crippen LogP contribution in [0, 0.1) is 0 Å². The average molecular weight is 515 g/mol. The van der Waals surface area contributed by atoms with Gasteiger partial charge in [-0.15, -0.1) is 11.3 Å². The van der Waals surface area contributed by atoms with Crippen molar-refractivity contribution in [3.63, 3.8) is 0 Å². The maximum atomic E-state index is 2.44. The summed E-state index contributed by atoms with van der Waals surface area (Å²) < 4.78 is 6.19. The Balaban J connectivity index is 1.44. The van der Waals surface area contributed by atoms with Crippen molar-refractivity contribution in [2.24, 2.45) is 0 Å². The lowest BCUT2D eigenvalue weighted by molar-refractivity contribution is 1.19. The number of fused-ring (bicyclic) bond motifs is 9. The molecule has 0 unspecified atom stereocenters. The Morgan fingerprint density at radius 3 is 1.95 bits per heavy atom. The molecular formula is C36H22N2S. The first-order chi connectivity index (χ1) is 19.3. The monoisotopic (exact) mass is 514 g/mol. The summed E-state index contributed by atoms with van der Waals surface area (Å²) in [6.45, 7) is 0. The van der Waals surface area contributed by atoms with Crippen LogP contribution in [0.2, 0.25) is 0 Å². The van der Waals surface area contributed by atoms with Crippen molar-refractivity contribution in [1.82, 2.24) is 9.13 Å². The first-order valence-electron chi connectivity index (χ1n) is 13.3. The van der Waals surface area contributed by atoms with Crippen LogP contribution < -0.4 is 0 Å². The molecule has 0 radical (unpaired) electrons. The lowest BCUT2D eigenvalue weighted by atomic mass is 10.1. The number of nitrogens with zero attached hydrogens (tertiary/aromatic N) is 2. The second-order valence-electron chi connectivity index (χ2n) is 10.2. The number of hydrogen-bond donors (Lipinski definition) is 0. The van der Waals surface area contributed by atoms with Crippen molar-refractivity contribution in [3.8, 4) is 11.4 Å². The molecule has 3 heteroatoms. The van der Waals surface area contributed by atoms with E-state index >= 15 is 0 Å². The maximum Gasteiger partial charge on any atom is 0.109 e. The highest BCUT2D eigenvalue weighted by atomic mass is 32.1. The number of rotatable bonds is 2. The van der Waals surface area contributed by atoms with Crippen LogP contribution in [-0.2, 0) is 0 Å². The van der Waals surface area contributed by atoms with E-state index < -0.39 is 0 Å². The normalized spacial score (nSPS) is 12.1. The number of thiophene rings is 1. The molecular weight excluding hydrogens is 492 g/mol. The van der Waals surface area contributed by atoms with Crippen LogP contribution in [-0.4, -0.2) is 9.13 Å². The quantitative estimate of drug-likeness (QED) is 0.217. The van der Waals surface area contributed by atoms with Crippen LogP contribution in [0.5, 0.6) is 0 Å². The van der Waals surface area contributed by atoms with Crippen LogP contribution in [0.4, 0.5) is 0 Å². The summed E-state index contributed by atoms with van der Waals surface area (Å²) in [5.74, 6) is 0. The van der Waals surface area contributed by atoms with Crippen LogP contribution >= 0.6 is 11.3 Å². The fourth-order valence-corrected chi connectivity index (χ4v) is 7.65. The minimum absolute atomic E-state index is 1.19. The van der Waals surface area contributed by atoms with E-state index in [2.05, 4.69) is 143 Å². The molecule has 0 aliphatic rings. The molecule has 0 N–H and O–H groups in total. The SMILES string of the molecule is c1ccc(-n2c3ccccc3c3c4cc5c(cc4sc32)c2ccccc2n5-c2ccc3ccccc3c2)cc1. The second kappa shape index (κ2) is 7.83. The molecule has 39 heavy (non-hydrogen) atoms. The zero-order valence-corrected chi connectivity index (χ0v) is 21.8. The van der Waals surface area contributed by atoms with Crippen molar-refractivity contribution in [2.75, 3.05) is 0 Å². The zero-order valence-electron chi connectivity index (χ0n) is 21.0. The van der Waals surface area contributed by atoms with Crippen LogP contribution in [0.1, 0.15) is 0 Å². The largest absolute Gasteiger partial charge is 0.309 e. The van der Waals surface area contributed by atoms with E-state index in [-0.39, 0.29) is 0 Å². The summed E-state index contributed by atoms with van der Waals surface area (Å²) in [6.07, 6.45) is 0. The van der Waals surface area contributed by atoms with Crippen LogP contribution in [0.15, 0.2) is 133 Å². The Kier molecular flexibility index (Phi) is 4.24. The molecule has 182 valence electrons. The van der Waals surface area contributed by atoms with Gasteiger partial charge < -0.3 is 9.13 Å². The Morgan fingerprint density at radius 2 is 1.10 bits per heavy atom. The predicted octanol–water partition coefficient (Wildman–Crippen LogP) is 10.2. The molecule has 0 amide bonds. The molecule has 0 aliphatic heterocycles. The Hall–Kier alpha value is -4.86. The van der Waals surface area contributed by atoms with Gasteiger partial charge in [-0.05, 0) is 59.3 Å². The molecule has 0 fully saturated rings. The molecule has 0 bridgehead atoms. The van der Waals surface area contributed by atoms with E-state index in [1.54, 1.807) is 0 Å². The van der Waals surface area contributed by atoms with Crippen molar-refractivity contribution in [2.45, 2.75) is 0 Å². The van der Waals surface area contributed by atoms with Gasteiger partial charge in [0.1, 0.15) is 4.83 Å². The van der Waals surface area contributed by atoms with Gasteiger partial charge in [-0.2, -0.15) is 0 Å². The molecule has 3 aromatic heterocycles. The zero-order chi connectivity index (χ0) is 25.5. The summed E-state index contributed by atoms with van der Waals surface area (Å²) in [6, 6.07) is 48.6. The minimum Gasteiger partial charge on any atom is -0.309 e. The molecule has 0 aliphatic carbocycles. The summed E-state index contributed by atoms with van der Waals surface area (Å²) in [7, 11) is 0. The summed E-state index contributed by atoms with van der Waals surface area (Å²) >= 11 is 1.89. The Morgan fingerprint density at radius 1 is 0.410 bits per heavy atom. The lowest BCUT2D eigenvalue weighted by Crippen LogP contribution is -1.93. The van der Waals surface area contributed by atoms with E-state index in [0.29, 0.717) is 0 Å². The number of hydrogen-bond acceptors (Lipinski definition) is 1. The van der Waals surface area contributed by atoms with E-state index in [4.69, 9.17) is 0 Å². The molecule has 0 saturated heterocycles. The number of aromatic nitrogens is 2. The fraction of sp³-hybridized carbons (Fsp3) is 0. The van der Waals surface area contributed by atoms with E-state index in [1.165, 1.54) is 75.2 Å². The van der Waals surface area contributed by atoms with Crippen LogP contribution in [0.25, 0.3) is 75.2 Å². The van der Waals surface area contributed by atoms with Gasteiger partial charge in [0.05, 0.1) is 16.6 Å². The first-order valence-corrected chi connectivity index (χ1v) is 14.1. The summed E-state index contributed by atoms with van der Waals surface area (Å²) in [5.41, 5.74) is 6.13. The molecule has 9 rings (SSSR count). The Bertz CT molecular complexity index is 2390. The van der Waals surface area contributed by atoms with Gasteiger partial charge >= 0.3 is 0 Å². The summed E-state index contributed by atoms with van der Waals surface area (Å²) in [4.78, 5) is 1.30. The highest BCUT2D eigenvalue weighted by molar-refractivity contribution is 7.25. The molecule has 3 heterocycles. The molecule has 0 saturated carbocycles. The van der Waals surface area contributed by atoms with Crippen molar-refractivity contribution in [1.29, 1.82) is 0 Å². The Labute approximate surface area is 228 Å². The second-order valence-corrected chi connectivity index (χ2v) is 11.3. The third-order valence-electron chi connectivity index (χ3n) is 8.09. The number of para-hydroxylation sites is 3. The van der Waals surface area contributed by atoms with E-state index in [0.717, 1.165) is 0 Å². The lowest BCUT2D eigenvalue weighted by Gasteiger charge is -2.09.